The van der Waals surface area contributed by atoms with Crippen molar-refractivity contribution in [2.75, 3.05) is 0 Å². The van der Waals surface area contributed by atoms with Gasteiger partial charge in [0.2, 0.25) is 0 Å². The van der Waals surface area contributed by atoms with Crippen LogP contribution in [0.4, 0.5) is 0 Å². The summed E-state index contributed by atoms with van der Waals surface area (Å²) in [5.41, 5.74) is 0. The van der Waals surface area contributed by atoms with Gasteiger partial charge in [-0.05, 0) is 6.92 Å². The van der Waals surface area contributed by atoms with Gasteiger partial charge in [0.1, 0.15) is 5.78 Å². The first-order valence-corrected chi connectivity index (χ1v) is 1.87. The van der Waals surface area contributed by atoms with E-state index in [4.69, 9.17) is 0 Å². The van der Waals surface area contributed by atoms with Crippen LogP contribution < -0.4 is 0 Å². The van der Waals surface area contributed by atoms with Crippen LogP contribution in [-0.2, 0) is 4.79 Å². The van der Waals surface area contributed by atoms with Crippen molar-refractivity contribution < 1.29 is 7.65 Å². The van der Waals surface area contributed by atoms with Crippen molar-refractivity contribution in [1.29, 1.82) is 0 Å². The van der Waals surface area contributed by atoms with Crippen LogP contribution in [0.3, 0.4) is 0 Å². The van der Waals surface area contributed by atoms with Crippen LogP contribution in [0.2, 0.25) is 0 Å². The molecule has 0 aromatic heterocycles. The van der Waals surface area contributed by atoms with Crippen LogP contribution in [0, 0.1) is 0 Å². The van der Waals surface area contributed by atoms with Gasteiger partial charge in [-0.15, -0.1) is 6.58 Å². The fourth-order valence-corrected chi connectivity index (χ4v) is 0.203. The molecule has 0 N–H and O–H groups in total. The monoisotopic (exact) mass is 126 g/mol. The molecule has 0 saturated carbocycles. The Balaban J connectivity index is -0.0000000417. The zero-order chi connectivity index (χ0) is 4.99. The standard InChI is InChI=1S/C5H8O.Ca.2H/c1-3-4-5(2)6;;;/h3H,1,4H2,2H3;;;/q;+2;2*-1. The Bertz CT molecular complexity index is 75.4. The second kappa shape index (κ2) is 6.67. The van der Waals surface area contributed by atoms with Crippen molar-refractivity contribution in [2.24, 2.45) is 0 Å². The van der Waals surface area contributed by atoms with Gasteiger partial charge in [-0.3, -0.25) is 4.79 Å². The minimum absolute atomic E-state index is 0. The first-order chi connectivity index (χ1) is 2.77. The van der Waals surface area contributed by atoms with Crippen LogP contribution in [-0.4, -0.2) is 43.5 Å². The van der Waals surface area contributed by atoms with Gasteiger partial charge in [0.05, 0.1) is 0 Å². The van der Waals surface area contributed by atoms with E-state index in [1.54, 1.807) is 13.0 Å². The summed E-state index contributed by atoms with van der Waals surface area (Å²) in [5, 5.41) is 0. The van der Waals surface area contributed by atoms with Crippen LogP contribution in [0.5, 0.6) is 0 Å². The van der Waals surface area contributed by atoms with Crippen LogP contribution >= 0.6 is 0 Å². The Morgan fingerprint density at radius 1 is 2.00 bits per heavy atom. The summed E-state index contributed by atoms with van der Waals surface area (Å²) in [6.07, 6.45) is 2.10. The average molecular weight is 126 g/mol. The maximum Gasteiger partial charge on any atom is 2.00 e. The summed E-state index contributed by atoms with van der Waals surface area (Å²) in [6, 6.07) is 0. The number of allylic oxidation sites excluding steroid dienone is 1. The zero-order valence-electron chi connectivity index (χ0n) is 6.61. The largest absolute Gasteiger partial charge is 2.00 e. The van der Waals surface area contributed by atoms with Gasteiger partial charge in [-0.1, -0.05) is 6.08 Å². The van der Waals surface area contributed by atoms with E-state index in [9.17, 15) is 4.79 Å². The molecule has 0 heterocycles. The van der Waals surface area contributed by atoms with Gasteiger partial charge in [0.15, 0.2) is 0 Å². The summed E-state index contributed by atoms with van der Waals surface area (Å²) in [6.45, 7) is 4.92. The quantitative estimate of drug-likeness (QED) is 0.398. The van der Waals surface area contributed by atoms with Crippen LogP contribution in [0.1, 0.15) is 16.2 Å². The van der Waals surface area contributed by atoms with Crippen molar-refractivity contribution in [3.05, 3.63) is 12.7 Å². The van der Waals surface area contributed by atoms with Gasteiger partial charge >= 0.3 is 37.7 Å². The van der Waals surface area contributed by atoms with E-state index in [2.05, 4.69) is 6.58 Å². The van der Waals surface area contributed by atoms with E-state index in [-0.39, 0.29) is 46.4 Å². The summed E-state index contributed by atoms with van der Waals surface area (Å²) in [7, 11) is 0. The normalized spacial score (nSPS) is 6.43. The summed E-state index contributed by atoms with van der Waals surface area (Å²) in [5.74, 6) is 0.171. The van der Waals surface area contributed by atoms with Gasteiger partial charge in [-0.25, -0.2) is 0 Å². The number of hydrogen-bond donors (Lipinski definition) is 0. The summed E-state index contributed by atoms with van der Waals surface area (Å²) in [4.78, 5) is 9.97. The van der Waals surface area contributed by atoms with Crippen molar-refractivity contribution in [2.45, 2.75) is 13.3 Å². The SMILES string of the molecule is C=CCC(C)=O.[Ca+2].[H-].[H-]. The third-order valence-corrected chi connectivity index (χ3v) is 0.432. The third kappa shape index (κ3) is 10.8. The van der Waals surface area contributed by atoms with Gasteiger partial charge in [0, 0.05) is 6.42 Å². The van der Waals surface area contributed by atoms with Gasteiger partial charge < -0.3 is 2.85 Å². The predicted octanol–water partition coefficient (Wildman–Crippen LogP) is 0.996. The molecule has 0 radical (unpaired) electrons. The second-order valence-corrected chi connectivity index (χ2v) is 1.19. The molecule has 7 heavy (non-hydrogen) atoms. The maximum absolute atomic E-state index is 9.97. The first-order valence-electron chi connectivity index (χ1n) is 1.87. The Labute approximate surface area is 76.8 Å². The van der Waals surface area contributed by atoms with Gasteiger partial charge in [0.25, 0.3) is 0 Å². The molecule has 2 heteroatoms. The summed E-state index contributed by atoms with van der Waals surface area (Å²) < 4.78 is 0. The van der Waals surface area contributed by atoms with Crippen molar-refractivity contribution in [3.8, 4) is 0 Å². The van der Waals surface area contributed by atoms with Crippen LogP contribution in [0.25, 0.3) is 0 Å². The molecule has 0 aliphatic rings. The van der Waals surface area contributed by atoms with E-state index in [1.807, 2.05) is 0 Å². The molecule has 1 nitrogen and oxygen atoms in total. The van der Waals surface area contributed by atoms with E-state index in [0.29, 0.717) is 6.42 Å². The molecule has 0 spiro atoms. The predicted molar refractivity (Wildman–Crippen MR) is 33.5 cm³/mol. The van der Waals surface area contributed by atoms with E-state index < -0.39 is 0 Å². The number of carbonyl (C=O) groups is 1. The van der Waals surface area contributed by atoms with Crippen molar-refractivity contribution >= 4 is 43.5 Å². The smallest absolute Gasteiger partial charge is 1.00 e. The molecule has 0 aliphatic carbocycles. The Hall–Kier alpha value is 0.670. The average Bonchev–Trinajstić information content (AvgIpc) is 1.35. The number of ketones is 1. The second-order valence-electron chi connectivity index (χ2n) is 1.19. The van der Waals surface area contributed by atoms with Gasteiger partial charge in [-0.2, -0.15) is 0 Å². The van der Waals surface area contributed by atoms with E-state index in [0.717, 1.165) is 0 Å². The molecule has 0 aromatic rings. The third-order valence-electron chi connectivity index (χ3n) is 0.432. The zero-order valence-corrected chi connectivity index (χ0v) is 6.82. The molecule has 0 fully saturated rings. The number of rotatable bonds is 2. The topological polar surface area (TPSA) is 17.1 Å². The summed E-state index contributed by atoms with van der Waals surface area (Å²) >= 11 is 0. The van der Waals surface area contributed by atoms with Crippen molar-refractivity contribution in [1.82, 2.24) is 0 Å². The molecular weight excluding hydrogens is 116 g/mol. The molecule has 0 aromatic carbocycles. The first kappa shape index (κ1) is 10.6. The fourth-order valence-electron chi connectivity index (χ4n) is 0.203. The molecule has 0 amide bonds. The minimum atomic E-state index is 0. The molecule has 0 aliphatic heterocycles. The molecule has 0 unspecified atom stereocenters. The number of carbonyl (C=O) groups excluding carboxylic acids is 1. The molecule has 0 atom stereocenters. The van der Waals surface area contributed by atoms with E-state index >= 15 is 0 Å². The van der Waals surface area contributed by atoms with Crippen LogP contribution in [0.15, 0.2) is 12.7 Å². The molecular formula is C5H10CaO. The minimum Gasteiger partial charge on any atom is -1.00 e. The number of Topliss-reactive ketones (excluding diaryl/α,β-unsaturated/α-hetero) is 1. The number of hydrogen-bond acceptors (Lipinski definition) is 1. The molecule has 0 rings (SSSR count). The maximum atomic E-state index is 9.97. The van der Waals surface area contributed by atoms with E-state index in [1.165, 1.54) is 0 Å². The fraction of sp³-hybridized carbons (Fsp3) is 0.400. The van der Waals surface area contributed by atoms with Crippen molar-refractivity contribution in [3.63, 3.8) is 0 Å². The Morgan fingerprint density at radius 3 is 2.43 bits per heavy atom. The Kier molecular flexibility index (Phi) is 10.1. The molecule has 0 bridgehead atoms. The molecule has 38 valence electrons. The molecule has 0 saturated heterocycles. The Morgan fingerprint density at radius 2 is 2.43 bits per heavy atom.